The van der Waals surface area contributed by atoms with Crippen LogP contribution in [0.4, 0.5) is 5.69 Å². The Balaban J connectivity index is 1.74. The highest BCUT2D eigenvalue weighted by molar-refractivity contribution is 7.09. The van der Waals surface area contributed by atoms with Crippen molar-refractivity contribution in [2.24, 2.45) is 0 Å². The van der Waals surface area contributed by atoms with E-state index in [9.17, 15) is 4.79 Å². The first-order valence-corrected chi connectivity index (χ1v) is 6.90. The fourth-order valence-corrected chi connectivity index (χ4v) is 2.52. The molecule has 1 aromatic carbocycles. The second-order valence-electron chi connectivity index (χ2n) is 4.33. The van der Waals surface area contributed by atoms with Crippen molar-refractivity contribution in [1.82, 2.24) is 10.3 Å². The number of nitrogen functional groups attached to an aromatic ring is 1. The summed E-state index contributed by atoms with van der Waals surface area (Å²) in [6.07, 6.45) is 0. The SMILES string of the molecule is Cc1nc(CNC(=O)c2cc3c(cc2N)OCO3)cs1. The summed E-state index contributed by atoms with van der Waals surface area (Å²) in [5, 5.41) is 5.67. The molecular formula is C13H13N3O3S. The molecule has 1 aliphatic rings. The normalized spacial score (nSPS) is 12.4. The fraction of sp³-hybridized carbons (Fsp3) is 0.231. The number of thiazole rings is 1. The molecule has 0 saturated heterocycles. The highest BCUT2D eigenvalue weighted by atomic mass is 32.1. The molecule has 1 aromatic heterocycles. The Labute approximate surface area is 119 Å². The van der Waals surface area contributed by atoms with E-state index in [0.717, 1.165) is 10.7 Å². The van der Waals surface area contributed by atoms with Crippen LogP contribution >= 0.6 is 11.3 Å². The third-order valence-corrected chi connectivity index (χ3v) is 3.71. The lowest BCUT2D eigenvalue weighted by Gasteiger charge is -2.07. The highest BCUT2D eigenvalue weighted by Gasteiger charge is 2.19. The molecular weight excluding hydrogens is 278 g/mol. The number of hydrogen-bond donors (Lipinski definition) is 2. The molecule has 0 aliphatic carbocycles. The van der Waals surface area contributed by atoms with Gasteiger partial charge in [0.05, 0.1) is 22.8 Å². The molecule has 0 fully saturated rings. The summed E-state index contributed by atoms with van der Waals surface area (Å²) in [4.78, 5) is 16.4. The smallest absolute Gasteiger partial charge is 0.253 e. The molecule has 7 heteroatoms. The minimum Gasteiger partial charge on any atom is -0.454 e. The molecule has 3 N–H and O–H groups in total. The monoisotopic (exact) mass is 291 g/mol. The van der Waals surface area contributed by atoms with E-state index in [2.05, 4.69) is 10.3 Å². The van der Waals surface area contributed by atoms with Crippen LogP contribution in [-0.4, -0.2) is 17.7 Å². The van der Waals surface area contributed by atoms with Gasteiger partial charge in [-0.3, -0.25) is 4.79 Å². The molecule has 0 atom stereocenters. The number of aryl methyl sites for hydroxylation is 1. The van der Waals surface area contributed by atoms with Gasteiger partial charge < -0.3 is 20.5 Å². The number of fused-ring (bicyclic) bond motifs is 1. The zero-order valence-electron chi connectivity index (χ0n) is 10.8. The van der Waals surface area contributed by atoms with Gasteiger partial charge in [-0.05, 0) is 13.0 Å². The molecule has 0 unspecified atom stereocenters. The minimum atomic E-state index is -0.258. The van der Waals surface area contributed by atoms with Crippen LogP contribution in [0.2, 0.25) is 0 Å². The third kappa shape index (κ3) is 2.39. The van der Waals surface area contributed by atoms with E-state index in [1.807, 2.05) is 12.3 Å². The number of ether oxygens (including phenoxy) is 2. The maximum absolute atomic E-state index is 12.1. The van der Waals surface area contributed by atoms with E-state index >= 15 is 0 Å². The van der Waals surface area contributed by atoms with Gasteiger partial charge in [-0.1, -0.05) is 0 Å². The number of anilines is 1. The number of amides is 1. The van der Waals surface area contributed by atoms with Crippen molar-refractivity contribution in [2.75, 3.05) is 12.5 Å². The Morgan fingerprint density at radius 2 is 2.20 bits per heavy atom. The lowest BCUT2D eigenvalue weighted by molar-refractivity contribution is 0.0951. The second kappa shape index (κ2) is 5.01. The van der Waals surface area contributed by atoms with Crippen LogP contribution < -0.4 is 20.5 Å². The lowest BCUT2D eigenvalue weighted by atomic mass is 10.1. The lowest BCUT2D eigenvalue weighted by Crippen LogP contribution is -2.24. The standard InChI is InChI=1S/C13H13N3O3S/c1-7-16-8(5-20-7)4-15-13(17)9-2-11-12(3-10(9)14)19-6-18-11/h2-3,5H,4,6,14H2,1H3,(H,15,17). The molecule has 0 spiro atoms. The van der Waals surface area contributed by atoms with E-state index in [4.69, 9.17) is 15.2 Å². The van der Waals surface area contributed by atoms with E-state index in [1.165, 1.54) is 0 Å². The van der Waals surface area contributed by atoms with E-state index in [0.29, 0.717) is 29.3 Å². The number of carbonyl (C=O) groups excluding carboxylic acids is 1. The summed E-state index contributed by atoms with van der Waals surface area (Å²) in [6, 6.07) is 3.20. The molecule has 0 saturated carbocycles. The van der Waals surface area contributed by atoms with Crippen LogP contribution in [0.25, 0.3) is 0 Å². The zero-order chi connectivity index (χ0) is 14.1. The average molecular weight is 291 g/mol. The Morgan fingerprint density at radius 3 is 2.90 bits per heavy atom. The summed E-state index contributed by atoms with van der Waals surface area (Å²) in [5.74, 6) is 0.842. The van der Waals surface area contributed by atoms with E-state index in [-0.39, 0.29) is 12.7 Å². The molecule has 6 nitrogen and oxygen atoms in total. The van der Waals surface area contributed by atoms with Crippen LogP contribution in [0.15, 0.2) is 17.5 Å². The first kappa shape index (κ1) is 12.7. The molecule has 0 bridgehead atoms. The van der Waals surface area contributed by atoms with Gasteiger partial charge in [0.15, 0.2) is 11.5 Å². The van der Waals surface area contributed by atoms with Gasteiger partial charge in [-0.25, -0.2) is 4.98 Å². The Bertz CT molecular complexity index is 669. The Kier molecular flexibility index (Phi) is 3.19. The number of aromatic nitrogens is 1. The van der Waals surface area contributed by atoms with Crippen molar-refractivity contribution in [2.45, 2.75) is 13.5 Å². The van der Waals surface area contributed by atoms with Gasteiger partial charge in [0.1, 0.15) is 0 Å². The highest BCUT2D eigenvalue weighted by Crippen LogP contribution is 2.35. The van der Waals surface area contributed by atoms with Gasteiger partial charge in [-0.2, -0.15) is 0 Å². The molecule has 2 heterocycles. The quantitative estimate of drug-likeness (QED) is 0.840. The summed E-state index contributed by atoms with van der Waals surface area (Å²) in [6.45, 7) is 2.45. The Hall–Kier alpha value is -2.28. The van der Waals surface area contributed by atoms with E-state index < -0.39 is 0 Å². The largest absolute Gasteiger partial charge is 0.454 e. The molecule has 1 amide bonds. The maximum atomic E-state index is 12.1. The summed E-state index contributed by atoms with van der Waals surface area (Å²) < 4.78 is 10.4. The predicted molar refractivity (Wildman–Crippen MR) is 75.0 cm³/mol. The zero-order valence-corrected chi connectivity index (χ0v) is 11.6. The first-order valence-electron chi connectivity index (χ1n) is 6.02. The third-order valence-electron chi connectivity index (χ3n) is 2.89. The summed E-state index contributed by atoms with van der Waals surface area (Å²) in [5.41, 5.74) is 7.43. The number of nitrogens with one attached hydrogen (secondary N) is 1. The average Bonchev–Trinajstić information content (AvgIpc) is 3.03. The van der Waals surface area contributed by atoms with Gasteiger partial charge in [0, 0.05) is 17.1 Å². The molecule has 1 aliphatic heterocycles. The van der Waals surface area contributed by atoms with Crippen molar-refractivity contribution in [3.05, 3.63) is 33.8 Å². The molecule has 3 rings (SSSR count). The molecule has 2 aromatic rings. The summed E-state index contributed by atoms with van der Waals surface area (Å²) >= 11 is 1.55. The van der Waals surface area contributed by atoms with Gasteiger partial charge in [-0.15, -0.1) is 11.3 Å². The number of benzene rings is 1. The minimum absolute atomic E-state index is 0.151. The topological polar surface area (TPSA) is 86.5 Å². The number of carbonyl (C=O) groups is 1. The fourth-order valence-electron chi connectivity index (χ4n) is 1.91. The van der Waals surface area contributed by atoms with Gasteiger partial charge in [0.25, 0.3) is 5.91 Å². The number of hydrogen-bond acceptors (Lipinski definition) is 6. The van der Waals surface area contributed by atoms with Gasteiger partial charge in [0.2, 0.25) is 6.79 Å². The van der Waals surface area contributed by atoms with Gasteiger partial charge >= 0.3 is 0 Å². The number of nitrogens with two attached hydrogens (primary N) is 1. The second-order valence-corrected chi connectivity index (χ2v) is 5.40. The molecule has 0 radical (unpaired) electrons. The number of nitrogens with zero attached hydrogens (tertiary/aromatic N) is 1. The molecule has 104 valence electrons. The number of rotatable bonds is 3. The summed E-state index contributed by atoms with van der Waals surface area (Å²) in [7, 11) is 0. The molecule has 20 heavy (non-hydrogen) atoms. The van der Waals surface area contributed by atoms with Crippen molar-refractivity contribution in [3.8, 4) is 11.5 Å². The predicted octanol–water partition coefficient (Wildman–Crippen LogP) is 1.69. The van der Waals surface area contributed by atoms with Crippen LogP contribution in [0, 0.1) is 6.92 Å². The van der Waals surface area contributed by atoms with Crippen LogP contribution in [0.5, 0.6) is 11.5 Å². The van der Waals surface area contributed by atoms with Crippen molar-refractivity contribution in [1.29, 1.82) is 0 Å². The van der Waals surface area contributed by atoms with Crippen LogP contribution in [0.3, 0.4) is 0 Å². The van der Waals surface area contributed by atoms with Crippen molar-refractivity contribution in [3.63, 3.8) is 0 Å². The first-order chi connectivity index (χ1) is 9.63. The van der Waals surface area contributed by atoms with Crippen molar-refractivity contribution >= 4 is 22.9 Å². The van der Waals surface area contributed by atoms with Crippen molar-refractivity contribution < 1.29 is 14.3 Å². The van der Waals surface area contributed by atoms with Crippen LogP contribution in [-0.2, 0) is 6.54 Å². The van der Waals surface area contributed by atoms with E-state index in [1.54, 1.807) is 23.5 Å². The van der Waals surface area contributed by atoms with Crippen LogP contribution in [0.1, 0.15) is 21.1 Å². The maximum Gasteiger partial charge on any atom is 0.253 e. The Morgan fingerprint density at radius 1 is 1.45 bits per heavy atom.